The Morgan fingerprint density at radius 2 is 1.61 bits per heavy atom. The van der Waals surface area contributed by atoms with Gasteiger partial charge in [-0.2, -0.15) is 26.3 Å². The number of esters is 2. The van der Waals surface area contributed by atoms with Crippen molar-refractivity contribution in [3.63, 3.8) is 0 Å². The monoisotopic (exact) mass is 348 g/mol. The Morgan fingerprint density at radius 1 is 1.13 bits per heavy atom. The molecule has 0 amide bonds. The maximum Gasteiger partial charge on any atom is 0.491 e. The van der Waals surface area contributed by atoms with Gasteiger partial charge in [0.1, 0.15) is 0 Å². The molecule has 1 aliphatic heterocycles. The number of hydrogen-bond acceptors (Lipinski definition) is 6. The summed E-state index contributed by atoms with van der Waals surface area (Å²) in [4.78, 5) is 22.7. The van der Waals surface area contributed by atoms with E-state index in [1.54, 1.807) is 0 Å². The first-order valence-corrected chi connectivity index (χ1v) is 5.92. The third kappa shape index (κ3) is 4.73. The minimum atomic E-state index is -5.50. The van der Waals surface area contributed by atoms with Crippen molar-refractivity contribution in [3.8, 4) is 12.3 Å². The highest BCUT2D eigenvalue weighted by Gasteiger charge is 2.55. The molecule has 0 aromatic heterocycles. The first-order valence-electron chi connectivity index (χ1n) is 5.92. The maximum absolute atomic E-state index is 12.3. The second kappa shape index (κ2) is 6.63. The van der Waals surface area contributed by atoms with Gasteiger partial charge in [0.15, 0.2) is 0 Å². The molecule has 12 heteroatoms. The van der Waals surface area contributed by atoms with Gasteiger partial charge >= 0.3 is 30.2 Å². The highest BCUT2D eigenvalue weighted by molar-refractivity contribution is 5.78. The van der Waals surface area contributed by atoms with Gasteiger partial charge in [0.2, 0.25) is 0 Å². The summed E-state index contributed by atoms with van der Waals surface area (Å²) in [6, 6.07) is 0. The van der Waals surface area contributed by atoms with Crippen LogP contribution in [0.25, 0.3) is 0 Å². The normalized spacial score (nSPS) is 18.8. The van der Waals surface area contributed by atoms with Crippen LogP contribution < -0.4 is 5.32 Å². The Kier molecular flexibility index (Phi) is 5.49. The number of rotatable bonds is 3. The Hall–Kier alpha value is -2.00. The third-order valence-electron chi connectivity index (χ3n) is 2.64. The molecule has 0 aromatic carbocycles. The first-order chi connectivity index (χ1) is 10.4. The van der Waals surface area contributed by atoms with Crippen LogP contribution in [-0.4, -0.2) is 61.3 Å². The average molecular weight is 348 g/mol. The molecule has 0 unspecified atom stereocenters. The van der Waals surface area contributed by atoms with Crippen LogP contribution in [-0.2, 0) is 19.1 Å². The lowest BCUT2D eigenvalue weighted by atomic mass is 10.2. The molecule has 1 fully saturated rings. The van der Waals surface area contributed by atoms with Crippen molar-refractivity contribution in [3.05, 3.63) is 0 Å². The van der Waals surface area contributed by atoms with Crippen molar-refractivity contribution in [1.29, 1.82) is 0 Å². The number of carbonyl (C=O) groups excluding carboxylic acids is 2. The van der Waals surface area contributed by atoms with Crippen molar-refractivity contribution in [2.24, 2.45) is 0 Å². The number of halogens is 6. The lowest BCUT2D eigenvalue weighted by molar-refractivity contribution is -0.317. The van der Waals surface area contributed by atoms with Gasteiger partial charge in [0, 0.05) is 13.1 Å². The zero-order chi connectivity index (χ0) is 17.9. The lowest BCUT2D eigenvalue weighted by Crippen LogP contribution is -2.66. The summed E-state index contributed by atoms with van der Waals surface area (Å²) in [6.45, 7) is -1.45. The SMILES string of the molecule is C#CCN1CCNCC1(OC(=O)C(F)(F)F)OC(=O)C(F)(F)F. The second-order valence-corrected chi connectivity index (χ2v) is 4.29. The summed E-state index contributed by atoms with van der Waals surface area (Å²) in [5.74, 6) is -6.63. The number of piperazine rings is 1. The molecule has 0 spiro atoms. The number of ether oxygens (including phenoxy) is 2. The topological polar surface area (TPSA) is 67.9 Å². The van der Waals surface area contributed by atoms with Crippen molar-refractivity contribution in [1.82, 2.24) is 10.2 Å². The molecule has 6 nitrogen and oxygen atoms in total. The van der Waals surface area contributed by atoms with Crippen molar-refractivity contribution in [2.75, 3.05) is 26.2 Å². The molecule has 0 saturated carbocycles. The van der Waals surface area contributed by atoms with Gasteiger partial charge in [-0.3, -0.25) is 0 Å². The fourth-order valence-electron chi connectivity index (χ4n) is 1.68. The lowest BCUT2D eigenvalue weighted by Gasteiger charge is -2.43. The third-order valence-corrected chi connectivity index (χ3v) is 2.64. The molecule has 1 aliphatic rings. The van der Waals surface area contributed by atoms with Gasteiger partial charge in [-0.05, 0) is 0 Å². The summed E-state index contributed by atoms with van der Waals surface area (Å²) in [5, 5.41) is 2.38. The van der Waals surface area contributed by atoms with Crippen molar-refractivity contribution < 1.29 is 45.4 Å². The zero-order valence-corrected chi connectivity index (χ0v) is 11.3. The molecule has 0 aliphatic carbocycles. The van der Waals surface area contributed by atoms with Gasteiger partial charge in [0.25, 0.3) is 0 Å². The van der Waals surface area contributed by atoms with Crippen molar-refractivity contribution >= 4 is 11.9 Å². The molecule has 23 heavy (non-hydrogen) atoms. The molecule has 0 aromatic rings. The summed E-state index contributed by atoms with van der Waals surface area (Å²) in [6.07, 6.45) is -6.03. The van der Waals surface area contributed by atoms with E-state index in [0.29, 0.717) is 4.90 Å². The molecule has 130 valence electrons. The molecule has 0 radical (unpaired) electrons. The van der Waals surface area contributed by atoms with E-state index in [9.17, 15) is 35.9 Å². The van der Waals surface area contributed by atoms with Crippen molar-refractivity contribution in [2.45, 2.75) is 18.3 Å². The molecule has 0 bridgehead atoms. The van der Waals surface area contributed by atoms with E-state index in [1.165, 1.54) is 0 Å². The van der Waals surface area contributed by atoms with E-state index >= 15 is 0 Å². The molecule has 1 heterocycles. The summed E-state index contributed by atoms with van der Waals surface area (Å²) in [7, 11) is 0. The van der Waals surface area contributed by atoms with E-state index in [-0.39, 0.29) is 13.1 Å². The van der Waals surface area contributed by atoms with E-state index in [4.69, 9.17) is 6.42 Å². The van der Waals surface area contributed by atoms with E-state index in [2.05, 4.69) is 14.8 Å². The van der Waals surface area contributed by atoms with E-state index in [1.807, 2.05) is 5.92 Å². The maximum atomic E-state index is 12.3. The van der Waals surface area contributed by atoms with Crippen LogP contribution >= 0.6 is 0 Å². The summed E-state index contributed by atoms with van der Waals surface area (Å²) >= 11 is 0. The number of carbonyl (C=O) groups is 2. The fourth-order valence-corrected chi connectivity index (χ4v) is 1.68. The molecule has 1 rings (SSSR count). The number of alkyl halides is 6. The van der Waals surface area contributed by atoms with E-state index < -0.39 is 43.3 Å². The minimum Gasteiger partial charge on any atom is -0.400 e. The molecular weight excluding hydrogens is 338 g/mol. The number of terminal acetylenes is 1. The fraction of sp³-hybridized carbons (Fsp3) is 0.636. The first kappa shape index (κ1) is 19.0. The van der Waals surface area contributed by atoms with Gasteiger partial charge in [0.05, 0.1) is 13.1 Å². The Labute approximate surface area is 125 Å². The highest BCUT2D eigenvalue weighted by atomic mass is 19.4. The van der Waals surface area contributed by atoms with Gasteiger partial charge in [-0.25, -0.2) is 14.5 Å². The quantitative estimate of drug-likeness (QED) is 0.345. The van der Waals surface area contributed by atoms with Crippen LogP contribution in [0, 0.1) is 12.3 Å². The van der Waals surface area contributed by atoms with Crippen LogP contribution in [0.3, 0.4) is 0 Å². The van der Waals surface area contributed by atoms with Crippen LogP contribution in [0.2, 0.25) is 0 Å². The smallest absolute Gasteiger partial charge is 0.400 e. The van der Waals surface area contributed by atoms with Crippen LogP contribution in [0.5, 0.6) is 0 Å². The van der Waals surface area contributed by atoms with Gasteiger partial charge in [-0.15, -0.1) is 6.42 Å². The minimum absolute atomic E-state index is 0.108. The predicted octanol–water partition coefficient (Wildman–Crippen LogP) is 0.390. The predicted molar refractivity (Wildman–Crippen MR) is 60.3 cm³/mol. The molecular formula is C11H10F6N2O4. The highest BCUT2D eigenvalue weighted by Crippen LogP contribution is 2.29. The van der Waals surface area contributed by atoms with Gasteiger partial charge in [-0.1, -0.05) is 5.92 Å². The largest absolute Gasteiger partial charge is 0.491 e. The number of nitrogens with one attached hydrogen (secondary N) is 1. The molecule has 1 saturated heterocycles. The molecule has 1 N–H and O–H groups in total. The van der Waals surface area contributed by atoms with Crippen LogP contribution in [0.1, 0.15) is 0 Å². The van der Waals surface area contributed by atoms with Crippen LogP contribution in [0.15, 0.2) is 0 Å². The Morgan fingerprint density at radius 3 is 2.00 bits per heavy atom. The Balaban J connectivity index is 3.15. The van der Waals surface area contributed by atoms with Gasteiger partial charge < -0.3 is 14.8 Å². The molecule has 0 atom stereocenters. The Bertz CT molecular complexity index is 482. The van der Waals surface area contributed by atoms with Crippen LogP contribution in [0.4, 0.5) is 26.3 Å². The van der Waals surface area contributed by atoms with E-state index in [0.717, 1.165) is 0 Å². The number of hydrogen-bond donors (Lipinski definition) is 1. The second-order valence-electron chi connectivity index (χ2n) is 4.29. The summed E-state index contributed by atoms with van der Waals surface area (Å²) < 4.78 is 82.1. The zero-order valence-electron chi connectivity index (χ0n) is 11.3. The standard InChI is InChI=1S/C11H10F6N2O4/c1-2-4-19-5-3-18-6-9(19,22-7(20)10(12,13)14)23-8(21)11(15,16)17/h1,18H,3-6H2. The average Bonchev–Trinajstić information content (AvgIpc) is 2.39. The number of nitrogens with zero attached hydrogens (tertiary/aromatic N) is 1. The summed E-state index contributed by atoms with van der Waals surface area (Å²) in [5.41, 5.74) is 0.